The first-order valence-electron chi connectivity index (χ1n) is 6.40. The quantitative estimate of drug-likeness (QED) is 0.831. The van der Waals surface area contributed by atoms with Gasteiger partial charge >= 0.3 is 0 Å². The van der Waals surface area contributed by atoms with Gasteiger partial charge in [-0.15, -0.1) is 0 Å². The van der Waals surface area contributed by atoms with Crippen LogP contribution >= 0.6 is 0 Å². The van der Waals surface area contributed by atoms with Crippen molar-refractivity contribution in [2.24, 2.45) is 5.73 Å². The molecule has 0 bridgehead atoms. The maximum atomic E-state index is 11.6. The molecule has 1 aromatic heterocycles. The van der Waals surface area contributed by atoms with Crippen LogP contribution in [0.3, 0.4) is 0 Å². The first-order chi connectivity index (χ1) is 9.11. The largest absolute Gasteiger partial charge is 0.380 e. The molecule has 1 saturated heterocycles. The lowest BCUT2D eigenvalue weighted by Crippen LogP contribution is -2.31. The number of anilines is 1. The summed E-state index contributed by atoms with van der Waals surface area (Å²) >= 11 is 0. The number of nitrogens with one attached hydrogen (secondary N) is 1. The van der Waals surface area contributed by atoms with Gasteiger partial charge in [0.25, 0.3) is 5.91 Å². The van der Waals surface area contributed by atoms with Crippen LogP contribution in [0.25, 0.3) is 0 Å². The number of primary amides is 1. The molecule has 1 aliphatic heterocycles. The molecule has 6 heteroatoms. The minimum absolute atomic E-state index is 0.149. The van der Waals surface area contributed by atoms with Crippen molar-refractivity contribution in [3.63, 3.8) is 0 Å². The van der Waals surface area contributed by atoms with Crippen LogP contribution in [0.5, 0.6) is 0 Å². The van der Waals surface area contributed by atoms with Gasteiger partial charge in [-0.1, -0.05) is 6.92 Å². The van der Waals surface area contributed by atoms with E-state index in [0.29, 0.717) is 24.2 Å². The Bertz CT molecular complexity index is 489. The predicted molar refractivity (Wildman–Crippen MR) is 71.7 cm³/mol. The van der Waals surface area contributed by atoms with E-state index in [9.17, 15) is 9.59 Å². The number of pyridine rings is 1. The Hall–Kier alpha value is -2.11. The van der Waals surface area contributed by atoms with Crippen LogP contribution in [0.2, 0.25) is 0 Å². The number of hydrogen-bond donors (Lipinski definition) is 2. The van der Waals surface area contributed by atoms with E-state index in [4.69, 9.17) is 5.73 Å². The number of nitrogens with zero attached hydrogens (tertiary/aromatic N) is 2. The molecule has 2 amide bonds. The number of hydrogen-bond acceptors (Lipinski definition) is 4. The highest BCUT2D eigenvalue weighted by Crippen LogP contribution is 2.19. The van der Waals surface area contributed by atoms with Crippen LogP contribution in [-0.4, -0.2) is 40.8 Å². The molecular weight excluding hydrogens is 244 g/mol. The molecule has 0 radical (unpaired) electrons. The third-order valence-electron chi connectivity index (χ3n) is 3.29. The van der Waals surface area contributed by atoms with Crippen LogP contribution in [0.4, 0.5) is 5.69 Å². The lowest BCUT2D eigenvalue weighted by molar-refractivity contribution is -0.129. The van der Waals surface area contributed by atoms with Gasteiger partial charge in [0.2, 0.25) is 5.91 Å². The van der Waals surface area contributed by atoms with Gasteiger partial charge in [-0.3, -0.25) is 14.6 Å². The van der Waals surface area contributed by atoms with Gasteiger partial charge in [0.15, 0.2) is 0 Å². The van der Waals surface area contributed by atoms with Crippen LogP contribution in [0.15, 0.2) is 18.5 Å². The van der Waals surface area contributed by atoms with Crippen molar-refractivity contribution in [3.8, 4) is 0 Å². The van der Waals surface area contributed by atoms with Crippen molar-refractivity contribution in [1.82, 2.24) is 9.88 Å². The van der Waals surface area contributed by atoms with Crippen molar-refractivity contribution < 1.29 is 9.59 Å². The average Bonchev–Trinajstić information content (AvgIpc) is 2.86. The van der Waals surface area contributed by atoms with Gasteiger partial charge < -0.3 is 16.0 Å². The third-order valence-corrected chi connectivity index (χ3v) is 3.29. The Morgan fingerprint density at radius 3 is 3.05 bits per heavy atom. The average molecular weight is 262 g/mol. The van der Waals surface area contributed by atoms with Gasteiger partial charge in [0, 0.05) is 37.9 Å². The molecule has 0 aromatic carbocycles. The molecule has 0 aliphatic carbocycles. The zero-order valence-corrected chi connectivity index (χ0v) is 10.9. The van der Waals surface area contributed by atoms with E-state index in [1.54, 1.807) is 12.3 Å². The van der Waals surface area contributed by atoms with Gasteiger partial charge in [-0.2, -0.15) is 0 Å². The van der Waals surface area contributed by atoms with Gasteiger partial charge in [0.1, 0.15) is 0 Å². The first kappa shape index (κ1) is 13.3. The van der Waals surface area contributed by atoms with Gasteiger partial charge in [-0.05, 0) is 12.5 Å². The van der Waals surface area contributed by atoms with E-state index in [1.165, 1.54) is 6.20 Å². The van der Waals surface area contributed by atoms with E-state index in [2.05, 4.69) is 10.3 Å². The summed E-state index contributed by atoms with van der Waals surface area (Å²) in [5.74, 6) is -0.343. The van der Waals surface area contributed by atoms with Crippen molar-refractivity contribution in [1.29, 1.82) is 0 Å². The smallest absolute Gasteiger partial charge is 0.252 e. The third kappa shape index (κ3) is 3.01. The summed E-state index contributed by atoms with van der Waals surface area (Å²) in [6.45, 7) is 3.27. The highest BCUT2D eigenvalue weighted by Gasteiger charge is 2.25. The summed E-state index contributed by atoms with van der Waals surface area (Å²) < 4.78 is 0. The Kier molecular flexibility index (Phi) is 3.99. The zero-order valence-electron chi connectivity index (χ0n) is 10.9. The summed E-state index contributed by atoms with van der Waals surface area (Å²) in [4.78, 5) is 28.6. The highest BCUT2D eigenvalue weighted by molar-refractivity contribution is 5.98. The molecule has 0 saturated carbocycles. The van der Waals surface area contributed by atoms with Crippen molar-refractivity contribution >= 4 is 17.5 Å². The van der Waals surface area contributed by atoms with E-state index < -0.39 is 5.91 Å². The number of rotatable bonds is 4. The van der Waals surface area contributed by atoms with Gasteiger partial charge in [0.05, 0.1) is 11.3 Å². The molecule has 1 fully saturated rings. The topological polar surface area (TPSA) is 88.3 Å². The van der Waals surface area contributed by atoms with Crippen molar-refractivity contribution in [2.45, 2.75) is 25.8 Å². The molecule has 2 rings (SSSR count). The summed E-state index contributed by atoms with van der Waals surface area (Å²) in [5.41, 5.74) is 6.36. The van der Waals surface area contributed by atoms with Crippen molar-refractivity contribution in [3.05, 3.63) is 24.0 Å². The fraction of sp³-hybridized carbons (Fsp3) is 0.462. The van der Waals surface area contributed by atoms with Crippen molar-refractivity contribution in [2.75, 3.05) is 18.4 Å². The number of likely N-dealkylation sites (tertiary alicyclic amines) is 1. The van der Waals surface area contributed by atoms with Crippen LogP contribution in [0, 0.1) is 0 Å². The van der Waals surface area contributed by atoms with E-state index in [-0.39, 0.29) is 11.9 Å². The number of carbonyl (C=O) groups excluding carboxylic acids is 2. The van der Waals surface area contributed by atoms with Gasteiger partial charge in [-0.25, -0.2) is 0 Å². The standard InChI is InChI=1S/C13H18N4O2/c1-2-12(18)17-6-4-9(8-17)16-11-3-5-15-7-10(11)13(14)19/h3,5,7,9H,2,4,6,8H2,1H3,(H2,14,19)(H,15,16). The summed E-state index contributed by atoms with van der Waals surface area (Å²) in [6.07, 6.45) is 4.45. The molecule has 0 spiro atoms. The molecule has 1 aliphatic rings. The molecular formula is C13H18N4O2. The number of aromatic nitrogens is 1. The lowest BCUT2D eigenvalue weighted by atomic mass is 10.2. The normalized spacial score (nSPS) is 18.4. The second-order valence-corrected chi connectivity index (χ2v) is 4.61. The summed E-state index contributed by atoms with van der Waals surface area (Å²) in [5, 5.41) is 3.27. The second kappa shape index (κ2) is 5.69. The lowest BCUT2D eigenvalue weighted by Gasteiger charge is -2.18. The molecule has 1 aromatic rings. The SMILES string of the molecule is CCC(=O)N1CCC(Nc2ccncc2C(N)=O)C1. The van der Waals surface area contributed by atoms with Crippen LogP contribution < -0.4 is 11.1 Å². The Balaban J connectivity index is 2.03. The Morgan fingerprint density at radius 2 is 2.37 bits per heavy atom. The molecule has 102 valence electrons. The van der Waals surface area contributed by atoms with E-state index >= 15 is 0 Å². The summed E-state index contributed by atoms with van der Waals surface area (Å²) in [7, 11) is 0. The zero-order chi connectivity index (χ0) is 13.8. The van der Waals surface area contributed by atoms with E-state index in [1.807, 2.05) is 11.8 Å². The molecule has 3 N–H and O–H groups in total. The summed E-state index contributed by atoms with van der Waals surface area (Å²) in [6, 6.07) is 1.88. The van der Waals surface area contributed by atoms with Crippen LogP contribution in [-0.2, 0) is 4.79 Å². The number of nitrogens with two attached hydrogens (primary N) is 1. The Labute approximate surface area is 112 Å². The van der Waals surface area contributed by atoms with Crippen LogP contribution in [0.1, 0.15) is 30.1 Å². The number of amides is 2. The fourth-order valence-electron chi connectivity index (χ4n) is 2.26. The molecule has 6 nitrogen and oxygen atoms in total. The highest BCUT2D eigenvalue weighted by atomic mass is 16.2. The van der Waals surface area contributed by atoms with E-state index in [0.717, 1.165) is 13.0 Å². The Morgan fingerprint density at radius 1 is 1.58 bits per heavy atom. The number of carbonyl (C=O) groups is 2. The second-order valence-electron chi connectivity index (χ2n) is 4.61. The monoisotopic (exact) mass is 262 g/mol. The fourth-order valence-corrected chi connectivity index (χ4v) is 2.26. The maximum Gasteiger partial charge on any atom is 0.252 e. The minimum Gasteiger partial charge on any atom is -0.380 e. The molecule has 1 atom stereocenters. The molecule has 19 heavy (non-hydrogen) atoms. The minimum atomic E-state index is -0.505. The first-order valence-corrected chi connectivity index (χ1v) is 6.40. The molecule has 2 heterocycles. The maximum absolute atomic E-state index is 11.6. The predicted octanol–water partition coefficient (Wildman–Crippen LogP) is 0.603. The molecule has 1 unspecified atom stereocenters.